The number of piperidine rings is 1. The van der Waals surface area contributed by atoms with Crippen molar-refractivity contribution in [1.82, 2.24) is 13.6 Å². The molecule has 0 bridgehead atoms. The lowest BCUT2D eigenvalue weighted by Gasteiger charge is -2.41. The molecule has 1 aromatic heterocycles. The second-order valence-electron chi connectivity index (χ2n) is 9.91. The van der Waals surface area contributed by atoms with Gasteiger partial charge in [0.1, 0.15) is 35.3 Å². The number of carbonyl (C=O) groups excluding carboxylic acids is 1. The third-order valence-corrected chi connectivity index (χ3v) is 9.76. The molecule has 4 rings (SSSR count). The van der Waals surface area contributed by atoms with Crippen molar-refractivity contribution in [2.75, 3.05) is 26.7 Å². The van der Waals surface area contributed by atoms with Crippen LogP contribution in [0.25, 0.3) is 0 Å². The van der Waals surface area contributed by atoms with Gasteiger partial charge in [-0.2, -0.15) is 34.3 Å². The molecule has 44 heavy (non-hydrogen) atoms. The second-order valence-corrected chi connectivity index (χ2v) is 13.1. The molecule has 0 radical (unpaired) electrons. The third kappa shape index (κ3) is 7.48. The number of phenolic OH excluding ortho intramolecular Hbond substituents is 1. The number of hydrogen-bond acceptors (Lipinski definition) is 7. The fraction of sp³-hybridized carbons (Fsp3) is 0.385. The molecule has 0 unspecified atom stereocenters. The zero-order chi connectivity index (χ0) is 33.1. The Morgan fingerprint density at radius 3 is 2.20 bits per heavy atom. The molecule has 1 saturated heterocycles. The zero-order valence-electron chi connectivity index (χ0n) is 23.7. The van der Waals surface area contributed by atoms with Gasteiger partial charge in [-0.05, 0) is 42.7 Å². The molecular formula is C26H31F4N4O8S2+. The number of nitrogens with zero attached hydrogens (tertiary/aromatic N) is 3. The molecule has 0 aliphatic carbocycles. The maximum Gasteiger partial charge on any atom is 0.522 e. The molecule has 3 N–H and O–H groups in total. The van der Waals surface area contributed by atoms with Crippen molar-refractivity contribution in [3.05, 3.63) is 77.6 Å². The van der Waals surface area contributed by atoms with E-state index < -0.39 is 43.0 Å². The van der Waals surface area contributed by atoms with Crippen molar-refractivity contribution in [3.8, 4) is 11.5 Å². The number of hydrogen-bond donors (Lipinski definition) is 3. The Kier molecular flexibility index (Phi) is 10.3. The first kappa shape index (κ1) is 34.7. The first-order valence-corrected chi connectivity index (χ1v) is 15.7. The van der Waals surface area contributed by atoms with Crippen molar-refractivity contribution < 1.29 is 58.2 Å². The highest BCUT2D eigenvalue weighted by atomic mass is 32.2. The quantitative estimate of drug-likeness (QED) is 0.150. The predicted octanol–water partition coefficient (Wildman–Crippen LogP) is 2.43. The van der Waals surface area contributed by atoms with Gasteiger partial charge in [0.2, 0.25) is 0 Å². The minimum atomic E-state index is -5.84. The van der Waals surface area contributed by atoms with E-state index in [0.29, 0.717) is 24.2 Å². The molecule has 0 spiro atoms. The van der Waals surface area contributed by atoms with Gasteiger partial charge in [0.05, 0.1) is 14.2 Å². The maximum atomic E-state index is 14.2. The van der Waals surface area contributed by atoms with E-state index >= 15 is 0 Å². The number of methoxy groups -OCH3 is 1. The van der Waals surface area contributed by atoms with Crippen LogP contribution < -0.4 is 14.6 Å². The lowest BCUT2D eigenvalue weighted by molar-refractivity contribution is -0.676. The molecule has 1 fully saturated rings. The average molecular weight is 668 g/mol. The van der Waals surface area contributed by atoms with Crippen LogP contribution in [-0.2, 0) is 32.8 Å². The lowest BCUT2D eigenvalue weighted by Crippen LogP contribution is -2.51. The van der Waals surface area contributed by atoms with E-state index in [9.17, 15) is 35.9 Å². The van der Waals surface area contributed by atoms with Gasteiger partial charge in [-0.1, -0.05) is 18.2 Å². The van der Waals surface area contributed by atoms with E-state index in [0.717, 1.165) is 0 Å². The van der Waals surface area contributed by atoms with Crippen LogP contribution in [0.1, 0.15) is 34.6 Å². The summed E-state index contributed by atoms with van der Waals surface area (Å²) in [5, 5.41) is 13.1. The summed E-state index contributed by atoms with van der Waals surface area (Å²) in [6.45, 7) is 2.23. The summed E-state index contributed by atoms with van der Waals surface area (Å²) in [5.41, 5.74) is -5.57. The highest BCUT2D eigenvalue weighted by Crippen LogP contribution is 2.37. The zero-order valence-corrected chi connectivity index (χ0v) is 25.4. The van der Waals surface area contributed by atoms with Gasteiger partial charge >= 0.3 is 25.8 Å². The van der Waals surface area contributed by atoms with Crippen molar-refractivity contribution in [2.45, 2.75) is 30.7 Å². The fourth-order valence-electron chi connectivity index (χ4n) is 4.69. The Hall–Kier alpha value is -3.74. The number of phenols is 1. The molecular weight excluding hydrogens is 636 g/mol. The van der Waals surface area contributed by atoms with Crippen LogP contribution in [-0.4, -0.2) is 72.9 Å². The summed E-state index contributed by atoms with van der Waals surface area (Å²) in [6, 6.07) is 10.7. The SMILES string of the molecule is COc1cccc(O)c1C(=O)NCC1(c2cccc(F)c2)CCN(S(=O)(=O)n2cc[n+](C)c2C)CC1.O=S(=O)(O)C(F)(F)F. The monoisotopic (exact) mass is 667 g/mol. The summed E-state index contributed by atoms with van der Waals surface area (Å²) >= 11 is 0. The Bertz CT molecular complexity index is 1720. The minimum absolute atomic E-state index is 0.00496. The number of amides is 1. The molecule has 2 aromatic carbocycles. The Morgan fingerprint density at radius 1 is 1.11 bits per heavy atom. The van der Waals surface area contributed by atoms with Gasteiger partial charge in [-0.3, -0.25) is 9.35 Å². The number of carbonyl (C=O) groups is 1. The van der Waals surface area contributed by atoms with Gasteiger partial charge in [-0.25, -0.2) is 8.96 Å². The maximum absolute atomic E-state index is 14.2. The number of nitrogens with one attached hydrogen (secondary N) is 1. The Balaban J connectivity index is 0.000000583. The van der Waals surface area contributed by atoms with Crippen LogP contribution in [0.3, 0.4) is 0 Å². The topological polar surface area (TPSA) is 159 Å². The number of imidazole rings is 1. The van der Waals surface area contributed by atoms with Crippen LogP contribution >= 0.6 is 0 Å². The number of aromatic nitrogens is 2. The third-order valence-electron chi connectivity index (χ3n) is 7.28. The highest BCUT2D eigenvalue weighted by Gasteiger charge is 2.44. The first-order valence-electron chi connectivity index (χ1n) is 12.8. The molecule has 242 valence electrons. The molecule has 18 heteroatoms. The van der Waals surface area contributed by atoms with Crippen LogP contribution in [0, 0.1) is 12.7 Å². The largest absolute Gasteiger partial charge is 0.522 e. The minimum Gasteiger partial charge on any atom is -0.507 e. The van der Waals surface area contributed by atoms with Crippen LogP contribution in [0.2, 0.25) is 0 Å². The summed E-state index contributed by atoms with van der Waals surface area (Å²) < 4.78 is 108. The fourth-order valence-corrected chi connectivity index (χ4v) is 6.25. The molecule has 0 atom stereocenters. The molecule has 1 amide bonds. The molecule has 1 aliphatic heterocycles. The summed E-state index contributed by atoms with van der Waals surface area (Å²) in [7, 11) is -6.45. The predicted molar refractivity (Wildman–Crippen MR) is 148 cm³/mol. The Labute approximate surface area is 251 Å². The first-order chi connectivity index (χ1) is 20.3. The van der Waals surface area contributed by atoms with E-state index in [1.807, 2.05) is 0 Å². The number of alkyl halides is 3. The second kappa shape index (κ2) is 13.1. The number of rotatable bonds is 7. The smallest absolute Gasteiger partial charge is 0.507 e. The summed E-state index contributed by atoms with van der Waals surface area (Å²) in [5.74, 6) is -0.371. The lowest BCUT2D eigenvalue weighted by atomic mass is 9.73. The van der Waals surface area contributed by atoms with E-state index in [-0.39, 0.29) is 36.7 Å². The molecule has 12 nitrogen and oxygen atoms in total. The summed E-state index contributed by atoms with van der Waals surface area (Å²) in [4.78, 5) is 13.0. The van der Waals surface area contributed by atoms with Gasteiger partial charge in [-0.15, -0.1) is 3.97 Å². The van der Waals surface area contributed by atoms with Crippen molar-refractivity contribution in [1.29, 1.82) is 0 Å². The number of benzene rings is 2. The standard InChI is InChI=1S/C25H29FN4O5S.CHF3O3S/c1-18-28(2)14-15-30(18)36(33,34)29-12-10-25(11-13-29,19-6-4-7-20(26)16-19)17-27-24(32)23-21(31)8-5-9-22(23)35-3;2-1(3,4)8(5,6)7/h4-9,14-16H,10-13,17H2,1-3H3,(H-,27,31,32);(H,5,6,7)/p+1. The highest BCUT2D eigenvalue weighted by molar-refractivity contribution is 7.87. The van der Waals surface area contributed by atoms with E-state index in [1.165, 1.54) is 39.8 Å². The number of aromatic hydroxyl groups is 1. The number of aryl methyl sites for hydroxylation is 1. The van der Waals surface area contributed by atoms with E-state index in [4.69, 9.17) is 17.7 Å². The molecule has 0 saturated carbocycles. The van der Waals surface area contributed by atoms with Gasteiger partial charge in [0.25, 0.3) is 11.7 Å². The summed E-state index contributed by atoms with van der Waals surface area (Å²) in [6.07, 6.45) is 3.91. The normalized spacial score (nSPS) is 15.6. The van der Waals surface area contributed by atoms with Crippen LogP contribution in [0.4, 0.5) is 17.6 Å². The number of ether oxygens (including phenoxy) is 1. The van der Waals surface area contributed by atoms with Gasteiger partial charge in [0, 0.05) is 32.0 Å². The van der Waals surface area contributed by atoms with Crippen LogP contribution in [0.15, 0.2) is 54.9 Å². The molecule has 1 aliphatic rings. The Morgan fingerprint density at radius 2 is 1.70 bits per heavy atom. The molecule has 3 aromatic rings. The van der Waals surface area contributed by atoms with Crippen molar-refractivity contribution in [2.24, 2.45) is 7.05 Å². The van der Waals surface area contributed by atoms with Crippen molar-refractivity contribution in [3.63, 3.8) is 0 Å². The van der Waals surface area contributed by atoms with Gasteiger partial charge < -0.3 is 15.2 Å². The van der Waals surface area contributed by atoms with E-state index in [1.54, 1.807) is 49.0 Å². The average Bonchev–Trinajstić information content (AvgIpc) is 3.29. The van der Waals surface area contributed by atoms with E-state index in [2.05, 4.69) is 5.32 Å². The molecule has 2 heterocycles. The van der Waals surface area contributed by atoms with Gasteiger partial charge in [0.15, 0.2) is 0 Å². The van der Waals surface area contributed by atoms with Crippen LogP contribution in [0.5, 0.6) is 11.5 Å². The van der Waals surface area contributed by atoms with Crippen molar-refractivity contribution >= 4 is 26.2 Å². The number of halogens is 4.